The van der Waals surface area contributed by atoms with Crippen LogP contribution in [0, 0.1) is 5.92 Å². The Bertz CT molecular complexity index is 1020. The lowest BCUT2D eigenvalue weighted by molar-refractivity contribution is -0.143. The van der Waals surface area contributed by atoms with Gasteiger partial charge in [0.1, 0.15) is 6.04 Å². The van der Waals surface area contributed by atoms with E-state index in [4.69, 9.17) is 11.6 Å². The zero-order valence-corrected chi connectivity index (χ0v) is 20.0. The predicted octanol–water partition coefficient (Wildman–Crippen LogP) is 5.29. The van der Waals surface area contributed by atoms with Crippen LogP contribution in [-0.4, -0.2) is 29.3 Å². The first-order chi connectivity index (χ1) is 15.9. The van der Waals surface area contributed by atoms with Crippen LogP contribution in [0.1, 0.15) is 30.5 Å². The molecule has 3 aromatic rings. The number of carbonyl (C=O) groups excluding carboxylic acids is 2. The molecule has 0 radical (unpaired) electrons. The van der Waals surface area contributed by atoms with Gasteiger partial charge in [0.25, 0.3) is 0 Å². The van der Waals surface area contributed by atoms with Crippen LogP contribution >= 0.6 is 11.6 Å². The van der Waals surface area contributed by atoms with Crippen molar-refractivity contribution in [3.05, 3.63) is 107 Å². The molecule has 0 aliphatic rings. The van der Waals surface area contributed by atoms with Gasteiger partial charge in [0.15, 0.2) is 0 Å². The van der Waals surface area contributed by atoms with E-state index in [0.29, 0.717) is 24.5 Å². The van der Waals surface area contributed by atoms with Gasteiger partial charge in [-0.05, 0) is 35.2 Å². The topological polar surface area (TPSA) is 49.4 Å². The van der Waals surface area contributed by atoms with Gasteiger partial charge in [-0.15, -0.1) is 0 Å². The highest BCUT2D eigenvalue weighted by Gasteiger charge is 2.31. The molecule has 0 spiro atoms. The average Bonchev–Trinajstić information content (AvgIpc) is 2.83. The highest BCUT2D eigenvalue weighted by atomic mass is 35.5. The Hall–Kier alpha value is -3.11. The summed E-state index contributed by atoms with van der Waals surface area (Å²) in [5.41, 5.74) is 3.11. The van der Waals surface area contributed by atoms with Gasteiger partial charge < -0.3 is 10.2 Å². The Morgan fingerprint density at radius 1 is 0.818 bits per heavy atom. The Morgan fingerprint density at radius 3 is 1.97 bits per heavy atom. The molecule has 3 rings (SSSR count). The molecule has 0 aliphatic carbocycles. The molecule has 0 saturated heterocycles. The summed E-state index contributed by atoms with van der Waals surface area (Å²) in [6, 6.07) is 26.7. The third kappa shape index (κ3) is 7.47. The van der Waals surface area contributed by atoms with Crippen LogP contribution in [0.4, 0.5) is 0 Å². The molecule has 33 heavy (non-hydrogen) atoms. The zero-order chi connectivity index (χ0) is 23.6. The minimum atomic E-state index is -0.617. The summed E-state index contributed by atoms with van der Waals surface area (Å²) in [6.07, 6.45) is 1.18. The lowest BCUT2D eigenvalue weighted by Crippen LogP contribution is -2.51. The summed E-state index contributed by atoms with van der Waals surface area (Å²) >= 11 is 6.04. The monoisotopic (exact) mass is 462 g/mol. The molecule has 5 heteroatoms. The third-order valence-electron chi connectivity index (χ3n) is 5.55. The first-order valence-electron chi connectivity index (χ1n) is 11.3. The number of amides is 2. The van der Waals surface area contributed by atoms with Crippen molar-refractivity contribution in [3.63, 3.8) is 0 Å². The second-order valence-electron chi connectivity index (χ2n) is 8.48. The van der Waals surface area contributed by atoms with Crippen molar-refractivity contribution in [2.24, 2.45) is 5.92 Å². The molecule has 0 aromatic heterocycles. The molecule has 0 fully saturated rings. The Kier molecular flexibility index (Phi) is 9.08. The van der Waals surface area contributed by atoms with E-state index in [-0.39, 0.29) is 17.7 Å². The van der Waals surface area contributed by atoms with Crippen LogP contribution in [0.2, 0.25) is 5.02 Å². The molecule has 1 atom stereocenters. The van der Waals surface area contributed by atoms with Crippen molar-refractivity contribution in [2.75, 3.05) is 6.54 Å². The van der Waals surface area contributed by atoms with Crippen LogP contribution in [-0.2, 0) is 29.0 Å². The number of benzene rings is 3. The quantitative estimate of drug-likeness (QED) is 0.444. The number of hydrogen-bond acceptors (Lipinski definition) is 2. The van der Waals surface area contributed by atoms with Crippen molar-refractivity contribution in [1.82, 2.24) is 10.2 Å². The van der Waals surface area contributed by atoms with Gasteiger partial charge in [0, 0.05) is 30.5 Å². The number of nitrogens with zero attached hydrogens (tertiary/aromatic N) is 1. The van der Waals surface area contributed by atoms with E-state index >= 15 is 0 Å². The number of nitrogens with one attached hydrogen (secondary N) is 1. The molecule has 2 amide bonds. The normalized spacial score (nSPS) is 11.8. The second-order valence-corrected chi connectivity index (χ2v) is 8.92. The molecule has 0 heterocycles. The summed E-state index contributed by atoms with van der Waals surface area (Å²) in [5, 5.41) is 3.71. The standard InChI is InChI=1S/C28H31ClN2O2/c1-21(2)28(33)31(20-24-13-15-25(29)16-14-24)26(19-23-11-7-4-8-12-23)27(32)30-18-17-22-9-5-3-6-10-22/h3-16,21,26H,17-20H2,1-2H3,(H,30,32)/t26-/m0/s1. The average molecular weight is 463 g/mol. The van der Waals surface area contributed by atoms with E-state index < -0.39 is 6.04 Å². The van der Waals surface area contributed by atoms with E-state index in [9.17, 15) is 9.59 Å². The Morgan fingerprint density at radius 2 is 1.39 bits per heavy atom. The summed E-state index contributed by atoms with van der Waals surface area (Å²) < 4.78 is 0. The summed E-state index contributed by atoms with van der Waals surface area (Å²) in [7, 11) is 0. The maximum Gasteiger partial charge on any atom is 0.243 e. The molecule has 3 aromatic carbocycles. The van der Waals surface area contributed by atoms with Crippen molar-refractivity contribution >= 4 is 23.4 Å². The maximum atomic E-state index is 13.4. The minimum absolute atomic E-state index is 0.0518. The van der Waals surface area contributed by atoms with E-state index in [0.717, 1.165) is 23.1 Å². The van der Waals surface area contributed by atoms with Gasteiger partial charge in [0.05, 0.1) is 0 Å². The number of halogens is 1. The van der Waals surface area contributed by atoms with Crippen molar-refractivity contribution in [2.45, 2.75) is 39.3 Å². The SMILES string of the molecule is CC(C)C(=O)N(Cc1ccc(Cl)cc1)[C@@H](Cc1ccccc1)C(=O)NCCc1ccccc1. The van der Waals surface area contributed by atoms with Crippen LogP contribution in [0.3, 0.4) is 0 Å². The first-order valence-corrected chi connectivity index (χ1v) is 11.7. The van der Waals surface area contributed by atoms with Crippen molar-refractivity contribution in [3.8, 4) is 0 Å². The highest BCUT2D eigenvalue weighted by Crippen LogP contribution is 2.18. The smallest absolute Gasteiger partial charge is 0.243 e. The Labute approximate surface area is 201 Å². The van der Waals surface area contributed by atoms with Gasteiger partial charge in [-0.25, -0.2) is 0 Å². The van der Waals surface area contributed by atoms with Crippen molar-refractivity contribution < 1.29 is 9.59 Å². The fraction of sp³-hybridized carbons (Fsp3) is 0.286. The fourth-order valence-corrected chi connectivity index (χ4v) is 3.86. The van der Waals surface area contributed by atoms with Crippen LogP contribution in [0.25, 0.3) is 0 Å². The lowest BCUT2D eigenvalue weighted by Gasteiger charge is -2.33. The zero-order valence-electron chi connectivity index (χ0n) is 19.2. The largest absolute Gasteiger partial charge is 0.354 e. The van der Waals surface area contributed by atoms with E-state index in [1.165, 1.54) is 0 Å². The summed E-state index contributed by atoms with van der Waals surface area (Å²) in [6.45, 7) is 4.59. The molecular weight excluding hydrogens is 432 g/mol. The van der Waals surface area contributed by atoms with Crippen LogP contribution < -0.4 is 5.32 Å². The van der Waals surface area contributed by atoms with Gasteiger partial charge in [-0.1, -0.05) is 98.2 Å². The van der Waals surface area contributed by atoms with Crippen LogP contribution in [0.15, 0.2) is 84.9 Å². The minimum Gasteiger partial charge on any atom is -0.354 e. The summed E-state index contributed by atoms with van der Waals surface area (Å²) in [4.78, 5) is 28.4. The molecule has 172 valence electrons. The third-order valence-corrected chi connectivity index (χ3v) is 5.80. The predicted molar refractivity (Wildman–Crippen MR) is 134 cm³/mol. The number of rotatable bonds is 10. The van der Waals surface area contributed by atoms with Gasteiger partial charge in [-0.3, -0.25) is 9.59 Å². The van der Waals surface area contributed by atoms with E-state index in [2.05, 4.69) is 5.32 Å². The Balaban J connectivity index is 1.83. The summed E-state index contributed by atoms with van der Waals surface area (Å²) in [5.74, 6) is -0.422. The molecule has 0 aliphatic heterocycles. The second kappa shape index (κ2) is 12.2. The van der Waals surface area contributed by atoms with Crippen molar-refractivity contribution in [1.29, 1.82) is 0 Å². The van der Waals surface area contributed by atoms with E-state index in [1.54, 1.807) is 17.0 Å². The fourth-order valence-electron chi connectivity index (χ4n) is 3.73. The molecule has 0 saturated carbocycles. The number of hydrogen-bond donors (Lipinski definition) is 1. The molecular formula is C28H31ClN2O2. The first kappa shape index (κ1) is 24.5. The lowest BCUT2D eigenvalue weighted by atomic mass is 10.0. The van der Waals surface area contributed by atoms with Gasteiger partial charge in [-0.2, -0.15) is 0 Å². The number of carbonyl (C=O) groups is 2. The molecule has 4 nitrogen and oxygen atoms in total. The van der Waals surface area contributed by atoms with Gasteiger partial charge >= 0.3 is 0 Å². The molecule has 0 unspecified atom stereocenters. The molecule has 1 N–H and O–H groups in total. The van der Waals surface area contributed by atoms with E-state index in [1.807, 2.05) is 86.6 Å². The highest BCUT2D eigenvalue weighted by molar-refractivity contribution is 6.30. The molecule has 0 bridgehead atoms. The van der Waals surface area contributed by atoms with Gasteiger partial charge in [0.2, 0.25) is 11.8 Å². The maximum absolute atomic E-state index is 13.4. The van der Waals surface area contributed by atoms with Crippen LogP contribution in [0.5, 0.6) is 0 Å².